The third kappa shape index (κ3) is 3.20. The highest BCUT2D eigenvalue weighted by Crippen LogP contribution is 2.06. The van der Waals surface area contributed by atoms with Gasteiger partial charge in [-0.25, -0.2) is 0 Å². The van der Waals surface area contributed by atoms with Gasteiger partial charge in [-0.2, -0.15) is 0 Å². The molecule has 0 aromatic heterocycles. The average molecular weight is 213 g/mol. The maximum absolute atomic E-state index is 11.8. The first-order valence-electron chi connectivity index (χ1n) is 5.47. The lowest BCUT2D eigenvalue weighted by Gasteiger charge is -2.31. The van der Waals surface area contributed by atoms with Crippen LogP contribution in [0.15, 0.2) is 0 Å². The van der Waals surface area contributed by atoms with Gasteiger partial charge in [0.2, 0.25) is 11.8 Å². The van der Waals surface area contributed by atoms with E-state index in [0.29, 0.717) is 13.1 Å². The fourth-order valence-electron chi connectivity index (χ4n) is 1.49. The molecule has 1 atom stereocenters. The van der Waals surface area contributed by atoms with Gasteiger partial charge in [-0.05, 0) is 26.8 Å². The summed E-state index contributed by atoms with van der Waals surface area (Å²) in [6.45, 7) is 6.00. The third-order valence-corrected chi connectivity index (χ3v) is 2.52. The summed E-state index contributed by atoms with van der Waals surface area (Å²) in [5, 5.41) is 5.73. The number of carbonyl (C=O) groups is 2. The summed E-state index contributed by atoms with van der Waals surface area (Å²) in [4.78, 5) is 24.7. The molecule has 2 N–H and O–H groups in total. The lowest BCUT2D eigenvalue weighted by molar-refractivity contribution is -0.138. The topological polar surface area (TPSA) is 61.4 Å². The summed E-state index contributed by atoms with van der Waals surface area (Å²) in [5.74, 6) is -0.0537. The van der Waals surface area contributed by atoms with E-state index in [1.54, 1.807) is 4.90 Å². The van der Waals surface area contributed by atoms with Gasteiger partial charge in [0, 0.05) is 13.1 Å². The molecule has 0 aromatic carbocycles. The van der Waals surface area contributed by atoms with Crippen molar-refractivity contribution >= 4 is 11.8 Å². The molecule has 1 aliphatic heterocycles. The number of hydrogen-bond donors (Lipinski definition) is 2. The number of hydrogen-bond acceptors (Lipinski definition) is 3. The normalized spacial score (nSPS) is 19.2. The van der Waals surface area contributed by atoms with Gasteiger partial charge in [0.15, 0.2) is 0 Å². The maximum Gasteiger partial charge on any atom is 0.240 e. The lowest BCUT2D eigenvalue weighted by atomic mass is 10.1. The number of rotatable bonds is 5. The van der Waals surface area contributed by atoms with E-state index in [-0.39, 0.29) is 24.4 Å². The van der Waals surface area contributed by atoms with Gasteiger partial charge in [-0.3, -0.25) is 9.59 Å². The minimum atomic E-state index is -0.0907. The fraction of sp³-hybridized carbons (Fsp3) is 0.800. The Balaban J connectivity index is 2.40. The molecule has 0 bridgehead atoms. The molecule has 1 aliphatic rings. The van der Waals surface area contributed by atoms with Crippen molar-refractivity contribution in [1.29, 1.82) is 0 Å². The highest BCUT2D eigenvalue weighted by atomic mass is 16.2. The van der Waals surface area contributed by atoms with Crippen LogP contribution in [0.25, 0.3) is 0 Å². The predicted octanol–water partition coefficient (Wildman–Crippen LogP) is -0.667. The van der Waals surface area contributed by atoms with Crippen LogP contribution in [0, 0.1) is 0 Å². The quantitative estimate of drug-likeness (QED) is 0.637. The molecule has 1 rings (SSSR count). The zero-order valence-electron chi connectivity index (χ0n) is 9.38. The molecule has 0 spiro atoms. The van der Waals surface area contributed by atoms with Crippen molar-refractivity contribution in [2.45, 2.75) is 26.3 Å². The van der Waals surface area contributed by atoms with Crippen molar-refractivity contribution in [1.82, 2.24) is 15.5 Å². The highest BCUT2D eigenvalue weighted by molar-refractivity contribution is 5.88. The zero-order chi connectivity index (χ0) is 11.3. The number of likely N-dealkylation sites (N-methyl/N-ethyl adjacent to an activating group) is 2. The molecule has 1 fully saturated rings. The Kier molecular flexibility index (Phi) is 4.55. The van der Waals surface area contributed by atoms with E-state index in [9.17, 15) is 9.59 Å². The average Bonchev–Trinajstić information content (AvgIpc) is 2.11. The van der Waals surface area contributed by atoms with Crippen molar-refractivity contribution < 1.29 is 9.59 Å². The van der Waals surface area contributed by atoms with Crippen molar-refractivity contribution in [3.05, 3.63) is 0 Å². The van der Waals surface area contributed by atoms with Gasteiger partial charge in [0.1, 0.15) is 0 Å². The van der Waals surface area contributed by atoms with Crippen LogP contribution in [0.4, 0.5) is 0 Å². The van der Waals surface area contributed by atoms with E-state index < -0.39 is 0 Å². The Morgan fingerprint density at radius 3 is 2.53 bits per heavy atom. The van der Waals surface area contributed by atoms with Crippen molar-refractivity contribution in [2.24, 2.45) is 0 Å². The van der Waals surface area contributed by atoms with Crippen LogP contribution in [0.1, 0.15) is 20.3 Å². The molecule has 5 nitrogen and oxygen atoms in total. The van der Waals surface area contributed by atoms with E-state index in [1.165, 1.54) is 0 Å². The molecule has 0 unspecified atom stereocenters. The summed E-state index contributed by atoms with van der Waals surface area (Å²) in [5.41, 5.74) is 0. The summed E-state index contributed by atoms with van der Waals surface area (Å²) in [6.07, 6.45) is 0.880. The zero-order valence-corrected chi connectivity index (χ0v) is 9.38. The van der Waals surface area contributed by atoms with E-state index in [2.05, 4.69) is 10.6 Å². The van der Waals surface area contributed by atoms with Crippen LogP contribution in [-0.4, -0.2) is 48.9 Å². The van der Waals surface area contributed by atoms with Crippen LogP contribution in [0.2, 0.25) is 0 Å². The van der Waals surface area contributed by atoms with Crippen LogP contribution in [0.3, 0.4) is 0 Å². The molecule has 0 aromatic rings. The Bertz CT molecular complexity index is 239. The molecular weight excluding hydrogens is 194 g/mol. The Morgan fingerprint density at radius 2 is 2.13 bits per heavy atom. The minimum Gasteiger partial charge on any atom is -0.355 e. The molecule has 2 amide bonds. The summed E-state index contributed by atoms with van der Waals surface area (Å²) < 4.78 is 0. The Labute approximate surface area is 90.2 Å². The first kappa shape index (κ1) is 12.0. The van der Waals surface area contributed by atoms with Crippen molar-refractivity contribution in [3.63, 3.8) is 0 Å². The first-order chi connectivity index (χ1) is 7.19. The molecule has 86 valence electrons. The van der Waals surface area contributed by atoms with Gasteiger partial charge < -0.3 is 15.5 Å². The van der Waals surface area contributed by atoms with Crippen LogP contribution in [-0.2, 0) is 9.59 Å². The fourth-order valence-corrected chi connectivity index (χ4v) is 1.49. The number of amides is 2. The molecule has 1 heterocycles. The van der Waals surface area contributed by atoms with Crippen LogP contribution >= 0.6 is 0 Å². The monoisotopic (exact) mass is 213 g/mol. The Morgan fingerprint density at radius 1 is 1.47 bits per heavy atom. The SMILES string of the molecule is CCNC(=O)CN(CC)C(=O)[C@H]1CCN1. The molecule has 0 aliphatic carbocycles. The van der Waals surface area contributed by atoms with Gasteiger partial charge in [-0.1, -0.05) is 0 Å². The number of nitrogens with one attached hydrogen (secondary N) is 2. The first-order valence-corrected chi connectivity index (χ1v) is 5.47. The second-order valence-electron chi connectivity index (χ2n) is 3.60. The molecule has 0 radical (unpaired) electrons. The largest absolute Gasteiger partial charge is 0.355 e. The smallest absolute Gasteiger partial charge is 0.240 e. The minimum absolute atomic E-state index is 0.0370. The number of nitrogens with zero attached hydrogens (tertiary/aromatic N) is 1. The lowest BCUT2D eigenvalue weighted by Crippen LogP contribution is -2.55. The van der Waals surface area contributed by atoms with Crippen molar-refractivity contribution in [3.8, 4) is 0 Å². The van der Waals surface area contributed by atoms with E-state index >= 15 is 0 Å². The van der Waals surface area contributed by atoms with Gasteiger partial charge in [0.25, 0.3) is 0 Å². The molecule has 0 saturated carbocycles. The molecular formula is C10H19N3O2. The van der Waals surface area contributed by atoms with Gasteiger partial charge in [0.05, 0.1) is 12.6 Å². The number of carbonyl (C=O) groups excluding carboxylic acids is 2. The summed E-state index contributed by atoms with van der Waals surface area (Å²) >= 11 is 0. The van der Waals surface area contributed by atoms with Crippen LogP contribution < -0.4 is 10.6 Å². The van der Waals surface area contributed by atoms with E-state index in [1.807, 2.05) is 13.8 Å². The van der Waals surface area contributed by atoms with E-state index in [0.717, 1.165) is 13.0 Å². The van der Waals surface area contributed by atoms with Crippen LogP contribution in [0.5, 0.6) is 0 Å². The summed E-state index contributed by atoms with van der Waals surface area (Å²) in [6, 6.07) is -0.0700. The second-order valence-corrected chi connectivity index (χ2v) is 3.60. The third-order valence-electron chi connectivity index (χ3n) is 2.52. The standard InChI is InChI=1S/C10H19N3O2/c1-3-11-9(14)7-13(4-2)10(15)8-5-6-12-8/h8,12H,3-7H2,1-2H3,(H,11,14)/t8-/m1/s1. The van der Waals surface area contributed by atoms with Gasteiger partial charge in [-0.15, -0.1) is 0 Å². The summed E-state index contributed by atoms with van der Waals surface area (Å²) in [7, 11) is 0. The molecule has 5 heteroatoms. The van der Waals surface area contributed by atoms with E-state index in [4.69, 9.17) is 0 Å². The van der Waals surface area contributed by atoms with Crippen molar-refractivity contribution in [2.75, 3.05) is 26.2 Å². The Hall–Kier alpha value is -1.10. The molecule has 15 heavy (non-hydrogen) atoms. The van der Waals surface area contributed by atoms with Gasteiger partial charge >= 0.3 is 0 Å². The maximum atomic E-state index is 11.8. The highest BCUT2D eigenvalue weighted by Gasteiger charge is 2.28. The molecule has 1 saturated heterocycles. The predicted molar refractivity (Wildman–Crippen MR) is 57.3 cm³/mol. The second kappa shape index (κ2) is 5.70.